The van der Waals surface area contributed by atoms with Gasteiger partial charge in [0, 0.05) is 5.92 Å². The van der Waals surface area contributed by atoms with Crippen LogP contribution in [0.3, 0.4) is 0 Å². The Morgan fingerprint density at radius 3 is 1.85 bits per heavy atom. The van der Waals surface area contributed by atoms with Crippen LogP contribution in [0.25, 0.3) is 5.57 Å². The van der Waals surface area contributed by atoms with Gasteiger partial charge >= 0.3 is 0 Å². The summed E-state index contributed by atoms with van der Waals surface area (Å²) in [6, 6.07) is 33.2. The number of fused-ring (bicyclic) bond motifs is 1. The van der Waals surface area contributed by atoms with Crippen molar-refractivity contribution in [2.45, 2.75) is 17.8 Å². The highest BCUT2D eigenvalue weighted by Crippen LogP contribution is 2.50. The van der Waals surface area contributed by atoms with Crippen LogP contribution in [0.1, 0.15) is 34.6 Å². The molecule has 0 bridgehead atoms. The molecule has 128 valence electrons. The minimum Gasteiger partial charge on any atom is -0.197 e. The largest absolute Gasteiger partial charge is 0.197 e. The average molecular weight is 346 g/mol. The van der Waals surface area contributed by atoms with Crippen molar-refractivity contribution in [3.8, 4) is 12.1 Å². The van der Waals surface area contributed by atoms with Crippen LogP contribution in [0.2, 0.25) is 0 Å². The van der Waals surface area contributed by atoms with Crippen molar-refractivity contribution in [2.24, 2.45) is 0 Å². The lowest BCUT2D eigenvalue weighted by Gasteiger charge is -2.39. The minimum atomic E-state index is -0.764. The minimum absolute atomic E-state index is 0.123. The second kappa shape index (κ2) is 6.94. The summed E-state index contributed by atoms with van der Waals surface area (Å²) in [5.41, 5.74) is 3.90. The van der Waals surface area contributed by atoms with Gasteiger partial charge in [-0.3, -0.25) is 0 Å². The Morgan fingerprint density at radius 2 is 1.30 bits per heavy atom. The molecule has 1 unspecified atom stereocenters. The number of hydrogen-bond donors (Lipinski definition) is 0. The number of nitriles is 2. The highest BCUT2D eigenvalue weighted by molar-refractivity contribution is 5.82. The summed E-state index contributed by atoms with van der Waals surface area (Å²) >= 11 is 0. The molecule has 0 aliphatic heterocycles. The molecule has 0 saturated heterocycles. The van der Waals surface area contributed by atoms with Crippen LogP contribution in [0.15, 0.2) is 91.0 Å². The number of rotatable bonds is 3. The molecule has 0 N–H and O–H groups in total. The number of nitrogens with zero attached hydrogens (tertiary/aromatic N) is 2. The lowest BCUT2D eigenvalue weighted by Crippen LogP contribution is -2.35. The molecule has 4 rings (SSSR count). The van der Waals surface area contributed by atoms with Crippen LogP contribution < -0.4 is 0 Å². The van der Waals surface area contributed by atoms with Gasteiger partial charge in [0.2, 0.25) is 0 Å². The maximum Gasteiger partial charge on any atom is 0.0994 e. The molecule has 1 atom stereocenters. The molecule has 0 radical (unpaired) electrons. The summed E-state index contributed by atoms with van der Waals surface area (Å²) in [6.07, 6.45) is 2.43. The van der Waals surface area contributed by atoms with Gasteiger partial charge in [0.1, 0.15) is 0 Å². The van der Waals surface area contributed by atoms with Gasteiger partial charge in [0.05, 0.1) is 23.1 Å². The van der Waals surface area contributed by atoms with E-state index < -0.39 is 5.41 Å². The fraction of sp³-hybridized carbons (Fsp3) is 0.120. The predicted octanol–water partition coefficient (Wildman–Crippen LogP) is 5.59. The van der Waals surface area contributed by atoms with Crippen LogP contribution >= 0.6 is 0 Å². The van der Waals surface area contributed by atoms with E-state index in [-0.39, 0.29) is 5.92 Å². The first-order valence-corrected chi connectivity index (χ1v) is 9.01. The van der Waals surface area contributed by atoms with Crippen molar-refractivity contribution < 1.29 is 0 Å². The second-order valence-electron chi connectivity index (χ2n) is 6.82. The molecule has 0 saturated carbocycles. The molecule has 2 heteroatoms. The van der Waals surface area contributed by atoms with Gasteiger partial charge in [-0.1, -0.05) is 91.0 Å². The van der Waals surface area contributed by atoms with Crippen molar-refractivity contribution in [3.05, 3.63) is 113 Å². The number of hydrogen-bond acceptors (Lipinski definition) is 2. The fourth-order valence-electron chi connectivity index (χ4n) is 4.19. The molecule has 0 fully saturated rings. The normalized spacial score (nSPS) is 18.1. The number of allylic oxidation sites excluding steroid dienone is 2. The van der Waals surface area contributed by atoms with Gasteiger partial charge in [-0.25, -0.2) is 0 Å². The molecule has 0 amide bonds. The van der Waals surface area contributed by atoms with Crippen LogP contribution in [0.4, 0.5) is 0 Å². The van der Waals surface area contributed by atoms with Crippen molar-refractivity contribution in [1.29, 1.82) is 10.5 Å². The third kappa shape index (κ3) is 2.73. The molecule has 1 aliphatic carbocycles. The Hall–Kier alpha value is -3.62. The first-order valence-electron chi connectivity index (χ1n) is 9.01. The highest BCUT2D eigenvalue weighted by atomic mass is 14.5. The quantitative estimate of drug-likeness (QED) is 0.620. The third-order valence-corrected chi connectivity index (χ3v) is 5.40. The van der Waals surface area contributed by atoms with E-state index in [0.29, 0.717) is 12.0 Å². The van der Waals surface area contributed by atoms with Gasteiger partial charge in [0.15, 0.2) is 0 Å². The van der Waals surface area contributed by atoms with E-state index in [1.165, 1.54) is 0 Å². The van der Waals surface area contributed by atoms with Gasteiger partial charge in [0.25, 0.3) is 0 Å². The van der Waals surface area contributed by atoms with E-state index in [1.54, 1.807) is 0 Å². The van der Waals surface area contributed by atoms with E-state index in [4.69, 9.17) is 0 Å². The summed E-state index contributed by atoms with van der Waals surface area (Å²) in [4.78, 5) is 0. The molecule has 3 aromatic rings. The topological polar surface area (TPSA) is 47.6 Å². The average Bonchev–Trinajstić information content (AvgIpc) is 2.75. The molecular formula is C25H18N2. The van der Waals surface area contributed by atoms with Crippen molar-refractivity contribution >= 4 is 5.57 Å². The molecule has 2 nitrogen and oxygen atoms in total. The van der Waals surface area contributed by atoms with Crippen LogP contribution in [0.5, 0.6) is 0 Å². The first-order chi connectivity index (χ1) is 13.3. The smallest absolute Gasteiger partial charge is 0.0994 e. The summed E-state index contributed by atoms with van der Waals surface area (Å²) in [7, 11) is 0. The Bertz CT molecular complexity index is 1030. The summed E-state index contributed by atoms with van der Waals surface area (Å²) in [5, 5.41) is 20.0. The van der Waals surface area contributed by atoms with Gasteiger partial charge in [-0.15, -0.1) is 0 Å². The van der Waals surface area contributed by atoms with E-state index in [2.05, 4.69) is 36.4 Å². The lowest BCUT2D eigenvalue weighted by molar-refractivity contribution is 0.483. The Morgan fingerprint density at radius 1 is 0.741 bits per heavy atom. The fourth-order valence-corrected chi connectivity index (χ4v) is 4.19. The third-order valence-electron chi connectivity index (χ3n) is 5.40. The van der Waals surface area contributed by atoms with E-state index in [0.717, 1.165) is 22.3 Å². The molecule has 1 aliphatic rings. The first kappa shape index (κ1) is 16.8. The maximum absolute atomic E-state index is 10.5. The van der Waals surface area contributed by atoms with Gasteiger partial charge < -0.3 is 0 Å². The second-order valence-corrected chi connectivity index (χ2v) is 6.82. The summed E-state index contributed by atoms with van der Waals surface area (Å²) in [5.74, 6) is -0.123. The van der Waals surface area contributed by atoms with Crippen molar-refractivity contribution in [3.63, 3.8) is 0 Å². The van der Waals surface area contributed by atoms with Gasteiger partial charge in [-0.05, 0) is 28.7 Å². The Kier molecular flexibility index (Phi) is 4.33. The van der Waals surface area contributed by atoms with Gasteiger partial charge in [-0.2, -0.15) is 10.5 Å². The Labute approximate surface area is 159 Å². The summed E-state index contributed by atoms with van der Waals surface area (Å²) < 4.78 is 0. The maximum atomic E-state index is 10.5. The van der Waals surface area contributed by atoms with Crippen LogP contribution in [0, 0.1) is 22.7 Å². The van der Waals surface area contributed by atoms with E-state index in [1.807, 2.05) is 66.7 Å². The molecule has 27 heavy (non-hydrogen) atoms. The van der Waals surface area contributed by atoms with E-state index in [9.17, 15) is 10.5 Å². The summed E-state index contributed by atoms with van der Waals surface area (Å²) in [6.45, 7) is 0. The van der Waals surface area contributed by atoms with Crippen LogP contribution in [-0.2, 0) is 5.41 Å². The van der Waals surface area contributed by atoms with Crippen molar-refractivity contribution in [1.82, 2.24) is 0 Å². The zero-order valence-corrected chi connectivity index (χ0v) is 14.8. The molecule has 0 aromatic heterocycles. The van der Waals surface area contributed by atoms with E-state index >= 15 is 0 Å². The van der Waals surface area contributed by atoms with Crippen LogP contribution in [-0.4, -0.2) is 0 Å². The predicted molar refractivity (Wildman–Crippen MR) is 107 cm³/mol. The molecule has 0 spiro atoms. The monoisotopic (exact) mass is 346 g/mol. The molecular weight excluding hydrogens is 328 g/mol. The molecule has 0 heterocycles. The standard InChI is InChI=1S/C25H18N2/c26-17-21-15-16-25(18-27,23-14-8-7-13-22(21)23)24(19-9-3-1-4-10-19)20-11-5-2-6-12-20/h1-15,24H,16H2. The van der Waals surface area contributed by atoms with Crippen molar-refractivity contribution in [2.75, 3.05) is 0 Å². The lowest BCUT2D eigenvalue weighted by atomic mass is 9.60. The zero-order chi connectivity index (χ0) is 18.7. The zero-order valence-electron chi connectivity index (χ0n) is 14.8. The Balaban J connectivity index is 2.01. The molecule has 3 aromatic carbocycles. The SMILES string of the molecule is N#CC1=CCC(C#N)(C(c2ccccc2)c2ccccc2)c2ccccc21. The number of benzene rings is 3. The highest BCUT2D eigenvalue weighted by Gasteiger charge is 2.45.